The van der Waals surface area contributed by atoms with Crippen molar-refractivity contribution in [3.05, 3.63) is 0 Å². The predicted molar refractivity (Wildman–Crippen MR) is 47.6 cm³/mol. The molecule has 0 saturated heterocycles. The summed E-state index contributed by atoms with van der Waals surface area (Å²) in [7, 11) is 0. The highest BCUT2D eigenvalue weighted by Gasteiger charge is 1.99. The van der Waals surface area contributed by atoms with E-state index in [-0.39, 0.29) is 5.97 Å². The Labute approximate surface area is 73.7 Å². The molecule has 0 aromatic heterocycles. The maximum atomic E-state index is 10.8. The van der Waals surface area contributed by atoms with Crippen LogP contribution in [-0.4, -0.2) is 18.3 Å². The zero-order valence-corrected chi connectivity index (χ0v) is 7.78. The van der Waals surface area contributed by atoms with Gasteiger partial charge in [-0.25, -0.2) is 0 Å². The minimum atomic E-state index is -0.108. The summed E-state index contributed by atoms with van der Waals surface area (Å²) in [6.45, 7) is 2.49. The summed E-state index contributed by atoms with van der Waals surface area (Å²) in [6.07, 6.45) is 3.72. The number of hydrogen-bond acceptors (Lipinski definition) is 2. The number of rotatable bonds is 6. The average Bonchev–Trinajstić information content (AvgIpc) is 2.01. The van der Waals surface area contributed by atoms with Crippen molar-refractivity contribution in [2.24, 2.45) is 0 Å². The lowest BCUT2D eigenvalue weighted by Gasteiger charge is -2.00. The molecule has 0 spiro atoms. The summed E-state index contributed by atoms with van der Waals surface area (Å²) >= 11 is 4.63. The summed E-state index contributed by atoms with van der Waals surface area (Å²) < 4.78 is 4.79. The first-order valence-electron chi connectivity index (χ1n) is 4.05. The Morgan fingerprint density at radius 2 is 2.18 bits per heavy atom. The average molecular weight is 175 g/mol. The Morgan fingerprint density at radius 1 is 1.45 bits per heavy atom. The maximum absolute atomic E-state index is 10.8. The van der Waals surface area contributed by atoms with E-state index in [1.54, 1.807) is 0 Å². The van der Waals surface area contributed by atoms with Crippen LogP contribution < -0.4 is 0 Å². The van der Waals surface area contributed by atoms with Crippen molar-refractivity contribution >= 4 is 18.6 Å². The lowest BCUT2D eigenvalue weighted by atomic mass is 10.2. The van der Waals surface area contributed by atoms with Crippen LogP contribution in [0.4, 0.5) is 0 Å². The molecule has 0 bridgehead atoms. The molecule has 0 saturated carbocycles. The summed E-state index contributed by atoms with van der Waals surface area (Å²) in [5, 5.41) is 0. The number of unbranched alkanes of at least 4 members (excludes halogenated alkanes) is 2. The third-order valence-corrected chi connectivity index (χ3v) is 1.50. The Bertz CT molecular complexity index is 104. The third kappa shape index (κ3) is 7.72. The Kier molecular flexibility index (Phi) is 7.79. The number of ether oxygens (including phenoxy) is 1. The van der Waals surface area contributed by atoms with E-state index in [0.717, 1.165) is 19.3 Å². The van der Waals surface area contributed by atoms with E-state index in [2.05, 4.69) is 19.6 Å². The SMILES string of the molecule is CCCCCC(=O)OCC[S]. The van der Waals surface area contributed by atoms with Gasteiger partial charge in [-0.3, -0.25) is 4.79 Å². The van der Waals surface area contributed by atoms with Crippen LogP contribution >= 0.6 is 12.6 Å². The first kappa shape index (κ1) is 10.8. The van der Waals surface area contributed by atoms with Crippen LogP contribution in [0.1, 0.15) is 32.6 Å². The molecule has 0 aliphatic carbocycles. The molecule has 11 heavy (non-hydrogen) atoms. The van der Waals surface area contributed by atoms with Gasteiger partial charge >= 0.3 is 5.97 Å². The zero-order valence-electron chi connectivity index (χ0n) is 6.97. The molecular weight excluding hydrogens is 160 g/mol. The molecule has 0 atom stereocenters. The van der Waals surface area contributed by atoms with E-state index >= 15 is 0 Å². The van der Waals surface area contributed by atoms with E-state index in [1.807, 2.05) is 0 Å². The van der Waals surface area contributed by atoms with Gasteiger partial charge in [0.1, 0.15) is 6.61 Å². The first-order valence-corrected chi connectivity index (χ1v) is 4.62. The van der Waals surface area contributed by atoms with Crippen LogP contribution in [0, 0.1) is 0 Å². The van der Waals surface area contributed by atoms with Gasteiger partial charge in [0, 0.05) is 12.2 Å². The molecule has 0 rings (SSSR count). The van der Waals surface area contributed by atoms with Crippen molar-refractivity contribution in [2.75, 3.05) is 12.4 Å². The normalized spacial score (nSPS) is 9.64. The van der Waals surface area contributed by atoms with Gasteiger partial charge in [0.2, 0.25) is 0 Å². The highest BCUT2D eigenvalue weighted by Crippen LogP contribution is 2.00. The molecule has 3 heteroatoms. The number of hydrogen-bond donors (Lipinski definition) is 0. The van der Waals surface area contributed by atoms with Crippen LogP contribution in [0.25, 0.3) is 0 Å². The van der Waals surface area contributed by atoms with Crippen molar-refractivity contribution in [1.82, 2.24) is 0 Å². The Morgan fingerprint density at radius 3 is 2.73 bits per heavy atom. The molecule has 0 aromatic rings. The second kappa shape index (κ2) is 7.92. The molecule has 0 amide bonds. The van der Waals surface area contributed by atoms with Crippen LogP contribution in [0.3, 0.4) is 0 Å². The molecular formula is C8H15O2S. The molecule has 0 aromatic carbocycles. The fourth-order valence-electron chi connectivity index (χ4n) is 0.747. The largest absolute Gasteiger partial charge is 0.465 e. The van der Waals surface area contributed by atoms with Crippen molar-refractivity contribution < 1.29 is 9.53 Å². The van der Waals surface area contributed by atoms with E-state index in [1.165, 1.54) is 0 Å². The lowest BCUT2D eigenvalue weighted by Crippen LogP contribution is -2.06. The minimum absolute atomic E-state index is 0.108. The number of esters is 1. The van der Waals surface area contributed by atoms with E-state index < -0.39 is 0 Å². The van der Waals surface area contributed by atoms with Crippen LogP contribution in [-0.2, 0) is 9.53 Å². The zero-order chi connectivity index (χ0) is 8.53. The summed E-state index contributed by atoms with van der Waals surface area (Å²) in [5.41, 5.74) is 0. The van der Waals surface area contributed by atoms with E-state index in [0.29, 0.717) is 18.8 Å². The molecule has 0 fully saturated rings. The van der Waals surface area contributed by atoms with Crippen LogP contribution in [0.15, 0.2) is 0 Å². The molecule has 1 radical (unpaired) electrons. The smallest absolute Gasteiger partial charge is 0.305 e. The Balaban J connectivity index is 3.09. The monoisotopic (exact) mass is 175 g/mol. The van der Waals surface area contributed by atoms with Gasteiger partial charge in [0.05, 0.1) is 0 Å². The maximum Gasteiger partial charge on any atom is 0.305 e. The van der Waals surface area contributed by atoms with Crippen LogP contribution in [0.2, 0.25) is 0 Å². The Hall–Kier alpha value is -0.180. The van der Waals surface area contributed by atoms with Gasteiger partial charge in [-0.15, -0.1) is 0 Å². The lowest BCUT2D eigenvalue weighted by molar-refractivity contribution is -0.143. The molecule has 0 aliphatic rings. The van der Waals surface area contributed by atoms with Gasteiger partial charge in [-0.2, -0.15) is 0 Å². The minimum Gasteiger partial charge on any atom is -0.465 e. The molecule has 65 valence electrons. The van der Waals surface area contributed by atoms with Crippen molar-refractivity contribution in [1.29, 1.82) is 0 Å². The van der Waals surface area contributed by atoms with Crippen molar-refractivity contribution in [3.8, 4) is 0 Å². The van der Waals surface area contributed by atoms with Gasteiger partial charge in [-0.05, 0) is 6.42 Å². The number of carbonyl (C=O) groups excluding carboxylic acids is 1. The predicted octanol–water partition coefficient (Wildman–Crippen LogP) is 2.31. The highest BCUT2D eigenvalue weighted by atomic mass is 32.1. The van der Waals surface area contributed by atoms with E-state index in [9.17, 15) is 4.79 Å². The fourth-order valence-corrected chi connectivity index (χ4v) is 0.830. The molecule has 0 heterocycles. The quantitative estimate of drug-likeness (QED) is 0.457. The third-order valence-electron chi connectivity index (χ3n) is 1.33. The van der Waals surface area contributed by atoms with Gasteiger partial charge in [0.25, 0.3) is 0 Å². The molecule has 0 unspecified atom stereocenters. The second-order valence-electron chi connectivity index (χ2n) is 2.38. The summed E-state index contributed by atoms with van der Waals surface area (Å²) in [5.74, 6) is 0.391. The second-order valence-corrected chi connectivity index (χ2v) is 2.79. The van der Waals surface area contributed by atoms with Gasteiger partial charge < -0.3 is 4.74 Å². The summed E-state index contributed by atoms with van der Waals surface area (Å²) in [4.78, 5) is 10.8. The highest BCUT2D eigenvalue weighted by molar-refractivity contribution is 7.80. The molecule has 0 N–H and O–H groups in total. The van der Waals surface area contributed by atoms with Crippen molar-refractivity contribution in [3.63, 3.8) is 0 Å². The van der Waals surface area contributed by atoms with Gasteiger partial charge in [-0.1, -0.05) is 32.4 Å². The number of carbonyl (C=O) groups is 1. The van der Waals surface area contributed by atoms with Crippen molar-refractivity contribution in [2.45, 2.75) is 32.6 Å². The standard InChI is InChI=1S/C8H15O2S/c1-2-3-4-5-8(9)10-6-7-11/h2-7H2,1H3. The topological polar surface area (TPSA) is 26.3 Å². The molecule has 0 aliphatic heterocycles. The fraction of sp³-hybridized carbons (Fsp3) is 0.875. The van der Waals surface area contributed by atoms with Crippen LogP contribution in [0.5, 0.6) is 0 Å². The molecule has 2 nitrogen and oxygen atoms in total. The first-order chi connectivity index (χ1) is 5.31. The van der Waals surface area contributed by atoms with Gasteiger partial charge in [0.15, 0.2) is 0 Å². The summed E-state index contributed by atoms with van der Waals surface area (Å²) in [6, 6.07) is 0. The van der Waals surface area contributed by atoms with E-state index in [4.69, 9.17) is 4.74 Å².